The molecule has 2 heterocycles. The lowest BCUT2D eigenvalue weighted by Gasteiger charge is -2.10. The number of nitrogens with one attached hydrogen (secondary N) is 1. The highest BCUT2D eigenvalue weighted by Crippen LogP contribution is 2.28. The largest absolute Gasteiger partial charge is 0.450 e. The number of fused-ring (bicyclic) bond motifs is 1. The lowest BCUT2D eigenvalue weighted by atomic mass is 10.1. The molecule has 1 atom stereocenters. The fourth-order valence-electron chi connectivity index (χ4n) is 2.67. The van der Waals surface area contributed by atoms with Gasteiger partial charge in [0.05, 0.1) is 6.10 Å². The molecule has 3 rings (SSSR count). The molecule has 0 aliphatic carbocycles. The zero-order chi connectivity index (χ0) is 17.1. The standard InChI is InChI=1S/C17H18BrNO5/c1-10-13-7-11(18)4-5-14(13)24-16(10)17(21)23-9-15(20)19-8-12-3-2-6-22-12/h4-5,7,12H,2-3,6,8-9H2,1H3,(H,19,20)/t12-/m0/s1. The van der Waals surface area contributed by atoms with Gasteiger partial charge < -0.3 is 19.2 Å². The van der Waals surface area contributed by atoms with E-state index in [1.165, 1.54) is 0 Å². The number of furan rings is 1. The first kappa shape index (κ1) is 17.0. The van der Waals surface area contributed by atoms with E-state index in [1.807, 2.05) is 12.1 Å². The smallest absolute Gasteiger partial charge is 0.375 e. The molecule has 1 aromatic heterocycles. The van der Waals surface area contributed by atoms with Gasteiger partial charge in [0.15, 0.2) is 6.61 Å². The van der Waals surface area contributed by atoms with Crippen LogP contribution in [0.5, 0.6) is 0 Å². The molecular formula is C17H18BrNO5. The van der Waals surface area contributed by atoms with Crippen molar-refractivity contribution in [1.29, 1.82) is 0 Å². The Morgan fingerprint density at radius 2 is 2.25 bits per heavy atom. The molecule has 0 unspecified atom stereocenters. The molecule has 0 radical (unpaired) electrons. The van der Waals surface area contributed by atoms with Crippen molar-refractivity contribution in [2.45, 2.75) is 25.9 Å². The van der Waals surface area contributed by atoms with Crippen LogP contribution in [-0.2, 0) is 14.3 Å². The molecule has 1 N–H and O–H groups in total. The quantitative estimate of drug-likeness (QED) is 0.787. The monoisotopic (exact) mass is 395 g/mol. The van der Waals surface area contributed by atoms with Gasteiger partial charge in [-0.05, 0) is 38.0 Å². The molecule has 1 aromatic carbocycles. The van der Waals surface area contributed by atoms with Crippen molar-refractivity contribution in [3.63, 3.8) is 0 Å². The Balaban J connectivity index is 1.56. The van der Waals surface area contributed by atoms with E-state index in [0.29, 0.717) is 17.7 Å². The third-order valence-electron chi connectivity index (χ3n) is 3.97. The van der Waals surface area contributed by atoms with Crippen molar-refractivity contribution in [2.75, 3.05) is 19.8 Å². The molecule has 24 heavy (non-hydrogen) atoms. The number of amides is 1. The second-order valence-corrected chi connectivity index (χ2v) is 6.63. The highest BCUT2D eigenvalue weighted by molar-refractivity contribution is 9.10. The first-order valence-corrected chi connectivity index (χ1v) is 8.58. The summed E-state index contributed by atoms with van der Waals surface area (Å²) in [7, 11) is 0. The SMILES string of the molecule is Cc1c(C(=O)OCC(=O)NC[C@@H]2CCCO2)oc2ccc(Br)cc12. The number of hydrogen-bond donors (Lipinski definition) is 1. The van der Waals surface area contributed by atoms with Gasteiger partial charge in [0.25, 0.3) is 5.91 Å². The van der Waals surface area contributed by atoms with E-state index in [0.717, 1.165) is 29.3 Å². The third-order valence-corrected chi connectivity index (χ3v) is 4.46. The van der Waals surface area contributed by atoms with Crippen LogP contribution in [0.1, 0.15) is 29.0 Å². The van der Waals surface area contributed by atoms with Gasteiger partial charge in [-0.25, -0.2) is 4.79 Å². The average Bonchev–Trinajstić information content (AvgIpc) is 3.19. The van der Waals surface area contributed by atoms with Crippen LogP contribution >= 0.6 is 15.9 Å². The predicted octanol–water partition coefficient (Wildman–Crippen LogP) is 2.96. The van der Waals surface area contributed by atoms with Gasteiger partial charge in [-0.2, -0.15) is 0 Å². The second-order valence-electron chi connectivity index (χ2n) is 5.71. The molecule has 128 valence electrons. The van der Waals surface area contributed by atoms with E-state index in [-0.39, 0.29) is 24.4 Å². The van der Waals surface area contributed by atoms with Crippen LogP contribution < -0.4 is 5.32 Å². The Bertz CT molecular complexity index is 764. The maximum atomic E-state index is 12.2. The van der Waals surface area contributed by atoms with Crippen molar-refractivity contribution in [1.82, 2.24) is 5.32 Å². The van der Waals surface area contributed by atoms with E-state index in [4.69, 9.17) is 13.9 Å². The number of aryl methyl sites for hydroxylation is 1. The van der Waals surface area contributed by atoms with Gasteiger partial charge in [-0.15, -0.1) is 0 Å². The van der Waals surface area contributed by atoms with E-state index < -0.39 is 5.97 Å². The Morgan fingerprint density at radius 3 is 3.00 bits per heavy atom. The predicted molar refractivity (Wildman–Crippen MR) is 90.9 cm³/mol. The zero-order valence-electron chi connectivity index (χ0n) is 13.3. The summed E-state index contributed by atoms with van der Waals surface area (Å²) in [6.45, 7) is 2.61. The molecule has 1 amide bonds. The van der Waals surface area contributed by atoms with Crippen LogP contribution in [0, 0.1) is 6.92 Å². The first-order chi connectivity index (χ1) is 11.5. The van der Waals surface area contributed by atoms with Crippen LogP contribution in [0.25, 0.3) is 11.0 Å². The summed E-state index contributed by atoms with van der Waals surface area (Å²) in [4.78, 5) is 23.9. The summed E-state index contributed by atoms with van der Waals surface area (Å²) in [6.07, 6.45) is 2.01. The minimum atomic E-state index is -0.646. The van der Waals surface area contributed by atoms with Gasteiger partial charge in [0.1, 0.15) is 5.58 Å². The Morgan fingerprint density at radius 1 is 1.42 bits per heavy atom. The topological polar surface area (TPSA) is 77.8 Å². The number of halogens is 1. The number of hydrogen-bond acceptors (Lipinski definition) is 5. The summed E-state index contributed by atoms with van der Waals surface area (Å²) < 4.78 is 16.9. The van der Waals surface area contributed by atoms with Crippen LogP contribution in [0.4, 0.5) is 0 Å². The summed E-state index contributed by atoms with van der Waals surface area (Å²) >= 11 is 3.39. The number of carbonyl (C=O) groups excluding carboxylic acids is 2. The zero-order valence-corrected chi connectivity index (χ0v) is 14.9. The normalized spacial score (nSPS) is 17.2. The third kappa shape index (κ3) is 3.79. The maximum Gasteiger partial charge on any atom is 0.375 e. The molecule has 1 fully saturated rings. The lowest BCUT2D eigenvalue weighted by Crippen LogP contribution is -2.34. The van der Waals surface area contributed by atoms with Gasteiger partial charge in [-0.1, -0.05) is 15.9 Å². The maximum absolute atomic E-state index is 12.2. The molecule has 1 aliphatic rings. The van der Waals surface area contributed by atoms with E-state index in [2.05, 4.69) is 21.2 Å². The van der Waals surface area contributed by atoms with Gasteiger partial charge in [-0.3, -0.25) is 4.79 Å². The fourth-order valence-corrected chi connectivity index (χ4v) is 3.03. The van der Waals surface area contributed by atoms with Crippen molar-refractivity contribution in [2.24, 2.45) is 0 Å². The second kappa shape index (κ2) is 7.36. The first-order valence-electron chi connectivity index (χ1n) is 7.78. The molecular weight excluding hydrogens is 378 g/mol. The number of benzene rings is 1. The summed E-state index contributed by atoms with van der Waals surface area (Å²) in [5, 5.41) is 3.53. The molecule has 6 nitrogen and oxygen atoms in total. The van der Waals surface area contributed by atoms with Crippen LogP contribution in [0.3, 0.4) is 0 Å². The number of ether oxygens (including phenoxy) is 2. The van der Waals surface area contributed by atoms with Gasteiger partial charge >= 0.3 is 5.97 Å². The molecule has 0 spiro atoms. The van der Waals surface area contributed by atoms with E-state index in [1.54, 1.807) is 13.0 Å². The number of esters is 1. The highest BCUT2D eigenvalue weighted by Gasteiger charge is 2.21. The van der Waals surface area contributed by atoms with Crippen molar-refractivity contribution >= 4 is 38.8 Å². The average molecular weight is 396 g/mol. The molecule has 0 saturated carbocycles. The Hall–Kier alpha value is -1.86. The lowest BCUT2D eigenvalue weighted by molar-refractivity contribution is -0.124. The summed E-state index contributed by atoms with van der Waals surface area (Å²) in [5.74, 6) is -0.877. The van der Waals surface area contributed by atoms with Gasteiger partial charge in [0, 0.05) is 28.6 Å². The van der Waals surface area contributed by atoms with Crippen LogP contribution in [0.2, 0.25) is 0 Å². The van der Waals surface area contributed by atoms with Crippen molar-refractivity contribution in [3.8, 4) is 0 Å². The van der Waals surface area contributed by atoms with E-state index in [9.17, 15) is 9.59 Å². The van der Waals surface area contributed by atoms with Crippen LogP contribution in [0.15, 0.2) is 27.1 Å². The van der Waals surface area contributed by atoms with Crippen LogP contribution in [-0.4, -0.2) is 37.7 Å². The Labute approximate surface area is 147 Å². The number of rotatable bonds is 5. The fraction of sp³-hybridized carbons (Fsp3) is 0.412. The molecule has 2 aromatic rings. The van der Waals surface area contributed by atoms with Crippen molar-refractivity contribution < 1.29 is 23.5 Å². The summed E-state index contributed by atoms with van der Waals surface area (Å²) in [5.41, 5.74) is 1.29. The molecule has 1 saturated heterocycles. The van der Waals surface area contributed by atoms with Crippen molar-refractivity contribution in [3.05, 3.63) is 34.0 Å². The minimum absolute atomic E-state index is 0.0562. The molecule has 7 heteroatoms. The molecule has 0 bridgehead atoms. The number of carbonyl (C=O) groups is 2. The van der Waals surface area contributed by atoms with E-state index >= 15 is 0 Å². The van der Waals surface area contributed by atoms with Gasteiger partial charge in [0.2, 0.25) is 5.76 Å². The summed E-state index contributed by atoms with van der Waals surface area (Å²) in [6, 6.07) is 5.48. The minimum Gasteiger partial charge on any atom is -0.450 e. The molecule has 1 aliphatic heterocycles. The Kier molecular flexibility index (Phi) is 5.20. The highest BCUT2D eigenvalue weighted by atomic mass is 79.9.